The summed E-state index contributed by atoms with van der Waals surface area (Å²) in [6, 6.07) is 4.79. The van der Waals surface area contributed by atoms with Crippen LogP contribution in [0.25, 0.3) is 5.65 Å². The first-order chi connectivity index (χ1) is 9.31. The Morgan fingerprint density at radius 2 is 2.05 bits per heavy atom. The van der Waals surface area contributed by atoms with E-state index in [1.54, 1.807) is 0 Å². The zero-order valence-electron chi connectivity index (χ0n) is 11.4. The van der Waals surface area contributed by atoms with Crippen LogP contribution in [-0.4, -0.2) is 21.1 Å². The van der Waals surface area contributed by atoms with E-state index in [0.29, 0.717) is 12.0 Å². The fourth-order valence-electron chi connectivity index (χ4n) is 3.03. The van der Waals surface area contributed by atoms with Crippen molar-refractivity contribution in [2.45, 2.75) is 51.0 Å². The third kappa shape index (κ3) is 2.04. The highest BCUT2D eigenvalue weighted by Crippen LogP contribution is 2.39. The molecule has 0 radical (unpaired) electrons. The van der Waals surface area contributed by atoms with E-state index >= 15 is 0 Å². The Labute approximate surface area is 113 Å². The van der Waals surface area contributed by atoms with E-state index in [0.717, 1.165) is 17.9 Å². The zero-order valence-corrected chi connectivity index (χ0v) is 11.4. The Hall–Kier alpha value is -1.42. The molecule has 4 rings (SSSR count). The van der Waals surface area contributed by atoms with Crippen molar-refractivity contribution in [3.05, 3.63) is 29.2 Å². The van der Waals surface area contributed by atoms with Gasteiger partial charge in [0.05, 0.1) is 11.7 Å². The van der Waals surface area contributed by atoms with Gasteiger partial charge < -0.3 is 5.32 Å². The van der Waals surface area contributed by atoms with Crippen LogP contribution >= 0.6 is 0 Å². The number of nitrogens with zero attached hydrogens (tertiary/aromatic N) is 3. The molecule has 0 spiro atoms. The van der Waals surface area contributed by atoms with Crippen LogP contribution in [0, 0.1) is 6.92 Å². The molecule has 1 aliphatic carbocycles. The number of hydrogen-bond donors (Lipinski definition) is 1. The summed E-state index contributed by atoms with van der Waals surface area (Å²) < 4.78 is 2.00. The van der Waals surface area contributed by atoms with Gasteiger partial charge in [0, 0.05) is 23.4 Å². The van der Waals surface area contributed by atoms with Crippen LogP contribution in [0.3, 0.4) is 0 Å². The molecule has 0 bridgehead atoms. The second-order valence-corrected chi connectivity index (χ2v) is 5.94. The van der Waals surface area contributed by atoms with Gasteiger partial charge in [-0.1, -0.05) is 6.42 Å². The Balaban J connectivity index is 1.75. The van der Waals surface area contributed by atoms with Gasteiger partial charge >= 0.3 is 0 Å². The SMILES string of the molecule is Cc1cc(C2CC2)nc2cc([C@@H]3CCCCN3)nn12. The minimum Gasteiger partial charge on any atom is -0.309 e. The van der Waals surface area contributed by atoms with Crippen LogP contribution in [0.1, 0.15) is 61.1 Å². The summed E-state index contributed by atoms with van der Waals surface area (Å²) in [4.78, 5) is 4.79. The lowest BCUT2D eigenvalue weighted by atomic mass is 10.0. The average Bonchev–Trinajstić information content (AvgIpc) is 3.19. The largest absolute Gasteiger partial charge is 0.309 e. The summed E-state index contributed by atoms with van der Waals surface area (Å²) in [6.45, 7) is 3.24. The van der Waals surface area contributed by atoms with E-state index in [-0.39, 0.29) is 0 Å². The summed E-state index contributed by atoms with van der Waals surface area (Å²) in [5.41, 5.74) is 4.63. The van der Waals surface area contributed by atoms with Gasteiger partial charge in [-0.3, -0.25) is 0 Å². The lowest BCUT2D eigenvalue weighted by Crippen LogP contribution is -2.27. The van der Waals surface area contributed by atoms with Crippen molar-refractivity contribution in [2.24, 2.45) is 0 Å². The molecule has 2 aliphatic rings. The van der Waals surface area contributed by atoms with Crippen LogP contribution in [0.2, 0.25) is 0 Å². The molecule has 0 aromatic carbocycles. The molecule has 4 heteroatoms. The molecule has 1 saturated heterocycles. The molecular formula is C15H20N4. The first kappa shape index (κ1) is 11.4. The number of aromatic nitrogens is 3. The Kier molecular flexibility index (Phi) is 2.58. The van der Waals surface area contributed by atoms with E-state index < -0.39 is 0 Å². The Morgan fingerprint density at radius 3 is 2.79 bits per heavy atom. The maximum Gasteiger partial charge on any atom is 0.155 e. The van der Waals surface area contributed by atoms with Crippen molar-refractivity contribution in [2.75, 3.05) is 6.54 Å². The second-order valence-electron chi connectivity index (χ2n) is 5.94. The van der Waals surface area contributed by atoms with Crippen LogP contribution in [0.5, 0.6) is 0 Å². The van der Waals surface area contributed by atoms with Crippen molar-refractivity contribution in [1.82, 2.24) is 19.9 Å². The van der Waals surface area contributed by atoms with E-state index in [4.69, 9.17) is 10.1 Å². The highest BCUT2D eigenvalue weighted by atomic mass is 15.3. The zero-order chi connectivity index (χ0) is 12.8. The summed E-state index contributed by atoms with van der Waals surface area (Å²) >= 11 is 0. The lowest BCUT2D eigenvalue weighted by Gasteiger charge is -2.21. The Morgan fingerprint density at radius 1 is 1.16 bits per heavy atom. The van der Waals surface area contributed by atoms with E-state index in [2.05, 4.69) is 24.4 Å². The number of rotatable bonds is 2. The summed E-state index contributed by atoms with van der Waals surface area (Å²) in [5.74, 6) is 0.704. The molecule has 3 heterocycles. The average molecular weight is 256 g/mol. The van der Waals surface area contributed by atoms with Crippen LogP contribution in [0.4, 0.5) is 0 Å². The van der Waals surface area contributed by atoms with Gasteiger partial charge in [-0.05, 0) is 45.2 Å². The van der Waals surface area contributed by atoms with Gasteiger partial charge in [0.15, 0.2) is 5.65 Å². The van der Waals surface area contributed by atoms with Gasteiger partial charge in [0.25, 0.3) is 0 Å². The Bertz CT molecular complexity index is 606. The standard InChI is InChI=1S/C15H20N4/c1-10-8-13(11-5-6-11)17-15-9-14(18-19(10)15)12-4-2-3-7-16-12/h8-9,11-12,16H,2-7H2,1H3/t12-/m0/s1. The lowest BCUT2D eigenvalue weighted by molar-refractivity contribution is 0.404. The molecule has 1 N–H and O–H groups in total. The molecule has 2 fully saturated rings. The molecule has 0 amide bonds. The highest BCUT2D eigenvalue weighted by molar-refractivity contribution is 5.43. The fourth-order valence-corrected chi connectivity index (χ4v) is 3.03. The minimum atomic E-state index is 0.416. The van der Waals surface area contributed by atoms with Gasteiger partial charge in [0.2, 0.25) is 0 Å². The molecule has 1 atom stereocenters. The van der Waals surface area contributed by atoms with Gasteiger partial charge in [-0.2, -0.15) is 5.10 Å². The van der Waals surface area contributed by atoms with Crippen LogP contribution in [0.15, 0.2) is 12.1 Å². The molecule has 2 aromatic heterocycles. The predicted octanol–water partition coefficient (Wildman–Crippen LogP) is 2.73. The van der Waals surface area contributed by atoms with Gasteiger partial charge in [0.1, 0.15) is 0 Å². The van der Waals surface area contributed by atoms with Crippen molar-refractivity contribution >= 4 is 5.65 Å². The number of nitrogens with one attached hydrogen (secondary N) is 1. The monoisotopic (exact) mass is 256 g/mol. The maximum absolute atomic E-state index is 4.79. The number of fused-ring (bicyclic) bond motifs is 1. The number of hydrogen-bond acceptors (Lipinski definition) is 3. The molecule has 100 valence electrons. The third-order valence-electron chi connectivity index (χ3n) is 4.31. The molecule has 2 aromatic rings. The van der Waals surface area contributed by atoms with Crippen LogP contribution < -0.4 is 5.32 Å². The van der Waals surface area contributed by atoms with Crippen molar-refractivity contribution in [3.63, 3.8) is 0 Å². The normalized spacial score (nSPS) is 23.9. The first-order valence-electron chi connectivity index (χ1n) is 7.42. The van der Waals surface area contributed by atoms with Crippen molar-refractivity contribution in [3.8, 4) is 0 Å². The van der Waals surface area contributed by atoms with E-state index in [1.807, 2.05) is 4.52 Å². The number of piperidine rings is 1. The molecular weight excluding hydrogens is 236 g/mol. The first-order valence-corrected chi connectivity index (χ1v) is 7.42. The maximum atomic E-state index is 4.79. The van der Waals surface area contributed by atoms with Gasteiger partial charge in [-0.25, -0.2) is 9.50 Å². The predicted molar refractivity (Wildman–Crippen MR) is 74.3 cm³/mol. The second kappa shape index (κ2) is 4.30. The quantitative estimate of drug-likeness (QED) is 0.898. The summed E-state index contributed by atoms with van der Waals surface area (Å²) in [6.07, 6.45) is 6.37. The topological polar surface area (TPSA) is 42.2 Å². The number of aryl methyl sites for hydroxylation is 1. The molecule has 19 heavy (non-hydrogen) atoms. The summed E-state index contributed by atoms with van der Waals surface area (Å²) in [7, 11) is 0. The molecule has 1 saturated carbocycles. The van der Waals surface area contributed by atoms with Crippen molar-refractivity contribution in [1.29, 1.82) is 0 Å². The molecule has 4 nitrogen and oxygen atoms in total. The highest BCUT2D eigenvalue weighted by Gasteiger charge is 2.26. The summed E-state index contributed by atoms with van der Waals surface area (Å²) in [5, 5.41) is 8.31. The van der Waals surface area contributed by atoms with E-state index in [1.165, 1.54) is 43.5 Å². The van der Waals surface area contributed by atoms with Crippen LogP contribution in [-0.2, 0) is 0 Å². The third-order valence-corrected chi connectivity index (χ3v) is 4.31. The minimum absolute atomic E-state index is 0.416. The van der Waals surface area contributed by atoms with E-state index in [9.17, 15) is 0 Å². The smallest absolute Gasteiger partial charge is 0.155 e. The molecule has 0 unspecified atom stereocenters. The fraction of sp³-hybridized carbons (Fsp3) is 0.600. The molecule has 1 aliphatic heterocycles. The van der Waals surface area contributed by atoms with Crippen molar-refractivity contribution < 1.29 is 0 Å². The van der Waals surface area contributed by atoms with Gasteiger partial charge in [-0.15, -0.1) is 0 Å².